The van der Waals surface area contributed by atoms with E-state index in [0.29, 0.717) is 0 Å². The predicted molar refractivity (Wildman–Crippen MR) is 75.7 cm³/mol. The largest absolute Gasteiger partial charge is 0.352 e. The van der Waals surface area contributed by atoms with Crippen molar-refractivity contribution < 1.29 is 4.79 Å². The number of carbonyl (C=O) groups is 1. The first-order chi connectivity index (χ1) is 8.67. The molecule has 1 unspecified atom stereocenters. The molecule has 0 aromatic rings. The van der Waals surface area contributed by atoms with Gasteiger partial charge in [-0.25, -0.2) is 0 Å². The second-order valence-corrected chi connectivity index (χ2v) is 5.23. The number of hydrogen-bond donors (Lipinski definition) is 2. The summed E-state index contributed by atoms with van der Waals surface area (Å²) in [6.45, 7) is 10.8. The Morgan fingerprint density at radius 1 is 1.44 bits per heavy atom. The Labute approximate surface area is 111 Å². The molecule has 0 aromatic heterocycles. The van der Waals surface area contributed by atoms with E-state index in [2.05, 4.69) is 36.3 Å². The van der Waals surface area contributed by atoms with E-state index in [4.69, 9.17) is 0 Å². The third-order valence-electron chi connectivity index (χ3n) is 3.77. The first-order valence-corrected chi connectivity index (χ1v) is 7.43. The highest BCUT2D eigenvalue weighted by Crippen LogP contribution is 2.06. The molecule has 0 spiro atoms. The van der Waals surface area contributed by atoms with Crippen LogP contribution in [0.1, 0.15) is 46.5 Å². The zero-order valence-electron chi connectivity index (χ0n) is 12.2. The van der Waals surface area contributed by atoms with Crippen LogP contribution in [-0.2, 0) is 4.79 Å². The minimum Gasteiger partial charge on any atom is -0.352 e. The number of hydrogen-bond acceptors (Lipinski definition) is 3. The van der Waals surface area contributed by atoms with Crippen LogP contribution in [0, 0.1) is 0 Å². The number of carbonyl (C=O) groups excluding carboxylic acids is 1. The maximum absolute atomic E-state index is 11.9. The van der Waals surface area contributed by atoms with Gasteiger partial charge in [0.25, 0.3) is 0 Å². The molecule has 2 N–H and O–H groups in total. The Morgan fingerprint density at radius 3 is 2.72 bits per heavy atom. The van der Waals surface area contributed by atoms with Crippen molar-refractivity contribution in [2.24, 2.45) is 0 Å². The van der Waals surface area contributed by atoms with Crippen molar-refractivity contribution in [1.82, 2.24) is 15.5 Å². The molecule has 1 aliphatic rings. The average Bonchev–Trinajstić information content (AvgIpc) is 2.88. The van der Waals surface area contributed by atoms with Crippen molar-refractivity contribution in [3.63, 3.8) is 0 Å². The fourth-order valence-electron chi connectivity index (χ4n) is 2.48. The predicted octanol–water partition coefficient (Wildman–Crippen LogP) is 1.37. The molecule has 106 valence electrons. The molecule has 2 atom stereocenters. The van der Waals surface area contributed by atoms with Crippen LogP contribution in [0.4, 0.5) is 0 Å². The second kappa shape index (κ2) is 8.48. The van der Waals surface area contributed by atoms with E-state index in [1.807, 2.05) is 0 Å². The number of amides is 1. The quantitative estimate of drug-likeness (QED) is 0.688. The third kappa shape index (κ3) is 5.36. The third-order valence-corrected chi connectivity index (χ3v) is 3.77. The standard InChI is InChI=1S/C14H29N3O/c1-4-17(5-2)11-7-8-12(3)16-14(18)13-9-6-10-15-13/h12-13,15H,4-11H2,1-3H3,(H,16,18)/t12?,13-/m1/s1. The summed E-state index contributed by atoms with van der Waals surface area (Å²) in [6.07, 6.45) is 4.32. The summed E-state index contributed by atoms with van der Waals surface area (Å²) in [5.41, 5.74) is 0. The van der Waals surface area contributed by atoms with Gasteiger partial charge in [0.1, 0.15) is 0 Å². The van der Waals surface area contributed by atoms with Crippen molar-refractivity contribution in [1.29, 1.82) is 0 Å². The Hall–Kier alpha value is -0.610. The van der Waals surface area contributed by atoms with Crippen molar-refractivity contribution in [3.05, 3.63) is 0 Å². The van der Waals surface area contributed by atoms with Gasteiger partial charge in [-0.05, 0) is 58.8 Å². The highest BCUT2D eigenvalue weighted by atomic mass is 16.2. The van der Waals surface area contributed by atoms with Gasteiger partial charge < -0.3 is 15.5 Å². The molecular formula is C14H29N3O. The van der Waals surface area contributed by atoms with Crippen molar-refractivity contribution in [2.45, 2.75) is 58.5 Å². The van der Waals surface area contributed by atoms with Crippen LogP contribution in [0.15, 0.2) is 0 Å². The van der Waals surface area contributed by atoms with Gasteiger partial charge in [0.2, 0.25) is 5.91 Å². The first-order valence-electron chi connectivity index (χ1n) is 7.43. The molecule has 1 aliphatic heterocycles. The lowest BCUT2D eigenvalue weighted by molar-refractivity contribution is -0.123. The molecule has 1 rings (SSSR count). The molecular weight excluding hydrogens is 226 g/mol. The minimum atomic E-state index is 0.0511. The van der Waals surface area contributed by atoms with Crippen LogP contribution in [0.25, 0.3) is 0 Å². The molecule has 18 heavy (non-hydrogen) atoms. The van der Waals surface area contributed by atoms with Gasteiger partial charge in [0.15, 0.2) is 0 Å². The highest BCUT2D eigenvalue weighted by molar-refractivity contribution is 5.82. The van der Waals surface area contributed by atoms with E-state index in [-0.39, 0.29) is 18.0 Å². The monoisotopic (exact) mass is 255 g/mol. The van der Waals surface area contributed by atoms with Gasteiger partial charge in [-0.1, -0.05) is 13.8 Å². The van der Waals surface area contributed by atoms with E-state index in [0.717, 1.165) is 51.9 Å². The smallest absolute Gasteiger partial charge is 0.237 e. The summed E-state index contributed by atoms with van der Waals surface area (Å²) < 4.78 is 0. The van der Waals surface area contributed by atoms with Gasteiger partial charge in [0.05, 0.1) is 6.04 Å². The molecule has 0 aliphatic carbocycles. The molecule has 0 saturated carbocycles. The molecule has 1 saturated heterocycles. The molecule has 0 radical (unpaired) electrons. The fraction of sp³-hybridized carbons (Fsp3) is 0.929. The van der Waals surface area contributed by atoms with E-state index in [9.17, 15) is 4.79 Å². The maximum Gasteiger partial charge on any atom is 0.237 e. The van der Waals surface area contributed by atoms with Crippen LogP contribution >= 0.6 is 0 Å². The molecule has 1 amide bonds. The van der Waals surface area contributed by atoms with Gasteiger partial charge in [-0.3, -0.25) is 4.79 Å². The lowest BCUT2D eigenvalue weighted by Gasteiger charge is -2.20. The van der Waals surface area contributed by atoms with Crippen LogP contribution in [0.2, 0.25) is 0 Å². The summed E-state index contributed by atoms with van der Waals surface area (Å²) in [5, 5.41) is 6.35. The van der Waals surface area contributed by atoms with Gasteiger partial charge >= 0.3 is 0 Å². The molecule has 1 fully saturated rings. The molecule has 1 heterocycles. The van der Waals surface area contributed by atoms with Crippen LogP contribution in [0.5, 0.6) is 0 Å². The normalized spacial score (nSPS) is 21.2. The first kappa shape index (κ1) is 15.4. The Balaban J connectivity index is 2.12. The summed E-state index contributed by atoms with van der Waals surface area (Å²) in [5.74, 6) is 0.183. The molecule has 4 nitrogen and oxygen atoms in total. The van der Waals surface area contributed by atoms with Crippen molar-refractivity contribution >= 4 is 5.91 Å². The van der Waals surface area contributed by atoms with Gasteiger partial charge in [-0.2, -0.15) is 0 Å². The fourth-order valence-corrected chi connectivity index (χ4v) is 2.48. The molecule has 4 heteroatoms. The van der Waals surface area contributed by atoms with Crippen LogP contribution in [0.3, 0.4) is 0 Å². The maximum atomic E-state index is 11.9. The second-order valence-electron chi connectivity index (χ2n) is 5.23. The zero-order chi connectivity index (χ0) is 13.4. The summed E-state index contributed by atoms with van der Waals surface area (Å²) in [4.78, 5) is 14.3. The summed E-state index contributed by atoms with van der Waals surface area (Å²) in [7, 11) is 0. The van der Waals surface area contributed by atoms with Gasteiger partial charge in [0, 0.05) is 6.04 Å². The molecule has 0 aromatic carbocycles. The lowest BCUT2D eigenvalue weighted by Crippen LogP contribution is -2.44. The van der Waals surface area contributed by atoms with Gasteiger partial charge in [-0.15, -0.1) is 0 Å². The van der Waals surface area contributed by atoms with Crippen molar-refractivity contribution in [3.8, 4) is 0 Å². The van der Waals surface area contributed by atoms with Crippen molar-refractivity contribution in [2.75, 3.05) is 26.2 Å². The highest BCUT2D eigenvalue weighted by Gasteiger charge is 2.22. The summed E-state index contributed by atoms with van der Waals surface area (Å²) >= 11 is 0. The summed E-state index contributed by atoms with van der Waals surface area (Å²) in [6, 6.07) is 0.339. The topological polar surface area (TPSA) is 44.4 Å². The van der Waals surface area contributed by atoms with E-state index in [1.165, 1.54) is 0 Å². The van der Waals surface area contributed by atoms with Crippen LogP contribution in [-0.4, -0.2) is 49.1 Å². The van der Waals surface area contributed by atoms with E-state index in [1.54, 1.807) is 0 Å². The van der Waals surface area contributed by atoms with E-state index >= 15 is 0 Å². The number of nitrogens with one attached hydrogen (secondary N) is 2. The number of nitrogens with zero attached hydrogens (tertiary/aromatic N) is 1. The zero-order valence-corrected chi connectivity index (χ0v) is 12.2. The average molecular weight is 255 g/mol. The molecule has 0 bridgehead atoms. The SMILES string of the molecule is CCN(CC)CCCC(C)NC(=O)[C@H]1CCCN1. The van der Waals surface area contributed by atoms with Crippen LogP contribution < -0.4 is 10.6 Å². The Morgan fingerprint density at radius 2 is 2.17 bits per heavy atom. The number of rotatable bonds is 8. The Kier molecular flexibility index (Phi) is 7.28. The Bertz CT molecular complexity index is 235. The minimum absolute atomic E-state index is 0.0511. The lowest BCUT2D eigenvalue weighted by atomic mass is 10.1. The van der Waals surface area contributed by atoms with E-state index < -0.39 is 0 Å².